The third-order valence-electron chi connectivity index (χ3n) is 5.83. The molecule has 2 rings (SSSR count). The summed E-state index contributed by atoms with van der Waals surface area (Å²) in [4.78, 5) is 0. The zero-order chi connectivity index (χ0) is 18.1. The van der Waals surface area contributed by atoms with Crippen LogP contribution in [-0.2, 0) is 15.8 Å². The topological polar surface area (TPSA) is 38.7 Å². The molecule has 4 heteroatoms. The van der Waals surface area contributed by atoms with Crippen LogP contribution in [0, 0.1) is 11.8 Å². The first-order valence-electron chi connectivity index (χ1n) is 9.06. The molecule has 0 radical (unpaired) electrons. The molecule has 1 aromatic carbocycles. The lowest BCUT2D eigenvalue weighted by Crippen LogP contribution is -2.42. The highest BCUT2D eigenvalue weighted by atomic mass is 28.4. The predicted molar refractivity (Wildman–Crippen MR) is 101 cm³/mol. The Bertz CT molecular complexity index is 523. The predicted octanol–water partition coefficient (Wildman–Crippen LogP) is 4.61. The van der Waals surface area contributed by atoms with Gasteiger partial charge in [0.15, 0.2) is 8.32 Å². The number of benzene rings is 1. The third kappa shape index (κ3) is 4.48. The summed E-state index contributed by atoms with van der Waals surface area (Å²) in [6, 6.07) is 10.1. The highest BCUT2D eigenvalue weighted by Gasteiger charge is 2.56. The molecule has 0 unspecified atom stereocenters. The van der Waals surface area contributed by atoms with Crippen molar-refractivity contribution >= 4 is 8.32 Å². The Morgan fingerprint density at radius 3 is 2.29 bits per heavy atom. The zero-order valence-corrected chi connectivity index (χ0v) is 17.2. The van der Waals surface area contributed by atoms with Gasteiger partial charge in [-0.05, 0) is 36.5 Å². The van der Waals surface area contributed by atoms with Crippen molar-refractivity contribution in [3.05, 3.63) is 35.9 Å². The molecule has 3 nitrogen and oxygen atoms in total. The number of ether oxygens (including phenoxy) is 1. The van der Waals surface area contributed by atoms with E-state index < -0.39 is 14.4 Å². The van der Waals surface area contributed by atoms with E-state index in [1.54, 1.807) is 0 Å². The van der Waals surface area contributed by atoms with Gasteiger partial charge in [0.25, 0.3) is 0 Å². The molecule has 5 atom stereocenters. The Balaban J connectivity index is 1.87. The molecule has 1 aliphatic rings. The maximum atomic E-state index is 10.7. The van der Waals surface area contributed by atoms with Crippen molar-refractivity contribution in [3.8, 4) is 0 Å². The van der Waals surface area contributed by atoms with Crippen LogP contribution in [-0.4, -0.2) is 31.7 Å². The largest absolute Gasteiger partial charge is 0.413 e. The van der Waals surface area contributed by atoms with Crippen molar-refractivity contribution in [1.29, 1.82) is 0 Å². The second-order valence-corrected chi connectivity index (χ2v) is 13.5. The van der Waals surface area contributed by atoms with Crippen LogP contribution in [0.2, 0.25) is 18.1 Å². The van der Waals surface area contributed by atoms with E-state index >= 15 is 0 Å². The lowest BCUT2D eigenvalue weighted by molar-refractivity contribution is -0.0496. The molecule has 0 saturated heterocycles. The molecule has 0 heterocycles. The molecule has 1 fully saturated rings. The van der Waals surface area contributed by atoms with Gasteiger partial charge in [0.1, 0.15) is 0 Å². The van der Waals surface area contributed by atoms with Crippen LogP contribution in [0.15, 0.2) is 30.3 Å². The Morgan fingerprint density at radius 2 is 1.75 bits per heavy atom. The number of aliphatic hydroxyl groups excluding tert-OH is 1. The Morgan fingerprint density at radius 1 is 1.17 bits per heavy atom. The molecule has 136 valence electrons. The number of rotatable bonds is 7. The highest BCUT2D eigenvalue weighted by Crippen LogP contribution is 2.49. The lowest BCUT2D eigenvalue weighted by atomic mass is 10.1. The van der Waals surface area contributed by atoms with Crippen molar-refractivity contribution in [1.82, 2.24) is 0 Å². The first-order chi connectivity index (χ1) is 11.0. The lowest BCUT2D eigenvalue weighted by Gasteiger charge is -2.36. The normalized spacial score (nSPS) is 26.9. The van der Waals surface area contributed by atoms with Gasteiger partial charge in [0, 0.05) is 5.92 Å². The van der Waals surface area contributed by atoms with Gasteiger partial charge in [-0.2, -0.15) is 0 Å². The fourth-order valence-electron chi connectivity index (χ4n) is 2.88. The summed E-state index contributed by atoms with van der Waals surface area (Å²) in [5.74, 6) is 0.585. The summed E-state index contributed by atoms with van der Waals surface area (Å²) >= 11 is 0. The van der Waals surface area contributed by atoms with Crippen LogP contribution in [0.5, 0.6) is 0 Å². The van der Waals surface area contributed by atoms with Gasteiger partial charge < -0.3 is 14.3 Å². The van der Waals surface area contributed by atoms with Gasteiger partial charge >= 0.3 is 0 Å². The van der Waals surface area contributed by atoms with E-state index in [1.807, 2.05) is 37.3 Å². The fraction of sp³-hybridized carbons (Fsp3) is 0.700. The van der Waals surface area contributed by atoms with Gasteiger partial charge in [-0.25, -0.2) is 0 Å². The standard InChI is InChI=1S/C20H34O3Si/c1-14-17(19(14)23-24(6,7)20(3,4)5)18(21)15(2)22-13-16-11-9-8-10-12-16/h8-12,14-15,17-19,21H,13H2,1-7H3/t14-,15+,17+,18-,19-/m1/s1. The van der Waals surface area contributed by atoms with Crippen molar-refractivity contribution in [2.24, 2.45) is 11.8 Å². The summed E-state index contributed by atoms with van der Waals surface area (Å²) in [5, 5.41) is 10.9. The van der Waals surface area contributed by atoms with Crippen molar-refractivity contribution in [3.63, 3.8) is 0 Å². The average molecular weight is 351 g/mol. The maximum Gasteiger partial charge on any atom is 0.192 e. The number of hydrogen-bond acceptors (Lipinski definition) is 3. The summed E-state index contributed by atoms with van der Waals surface area (Å²) in [7, 11) is -1.79. The van der Waals surface area contributed by atoms with E-state index in [0.717, 1.165) is 5.56 Å². The third-order valence-corrected chi connectivity index (χ3v) is 10.3. The van der Waals surface area contributed by atoms with Gasteiger partial charge in [-0.3, -0.25) is 0 Å². The monoisotopic (exact) mass is 350 g/mol. The van der Waals surface area contributed by atoms with E-state index in [2.05, 4.69) is 40.8 Å². The second kappa shape index (κ2) is 7.28. The van der Waals surface area contributed by atoms with Crippen LogP contribution < -0.4 is 0 Å². The fourth-order valence-corrected chi connectivity index (χ4v) is 4.28. The van der Waals surface area contributed by atoms with E-state index in [0.29, 0.717) is 12.5 Å². The molecular formula is C20H34O3Si. The molecule has 1 saturated carbocycles. The van der Waals surface area contributed by atoms with Crippen LogP contribution in [0.3, 0.4) is 0 Å². The molecule has 1 aliphatic carbocycles. The molecule has 0 amide bonds. The summed E-state index contributed by atoms with van der Waals surface area (Å²) in [6.45, 7) is 16.0. The molecular weight excluding hydrogens is 316 g/mol. The van der Waals surface area contributed by atoms with E-state index in [-0.39, 0.29) is 23.2 Å². The summed E-state index contributed by atoms with van der Waals surface area (Å²) in [5.41, 5.74) is 1.13. The SMILES string of the molecule is C[C@H]1[C@@H](O[Si](C)(C)C(C)(C)C)[C@@H]1[C@H](O)[C@H](C)OCc1ccccc1. The minimum Gasteiger partial charge on any atom is -0.413 e. The number of hydrogen-bond donors (Lipinski definition) is 1. The minimum absolute atomic E-state index is 0.170. The highest BCUT2D eigenvalue weighted by molar-refractivity contribution is 6.74. The molecule has 1 N–H and O–H groups in total. The van der Waals surface area contributed by atoms with Crippen LogP contribution in [0.25, 0.3) is 0 Å². The molecule has 0 bridgehead atoms. The Kier molecular flexibility index (Phi) is 5.96. The van der Waals surface area contributed by atoms with Gasteiger partial charge in [0.2, 0.25) is 0 Å². The van der Waals surface area contributed by atoms with Gasteiger partial charge in [0.05, 0.1) is 24.9 Å². The first kappa shape index (κ1) is 19.6. The maximum absolute atomic E-state index is 10.7. The summed E-state index contributed by atoms with van der Waals surface area (Å²) in [6.07, 6.45) is -0.493. The van der Waals surface area contributed by atoms with Crippen LogP contribution >= 0.6 is 0 Å². The quantitative estimate of drug-likeness (QED) is 0.730. The van der Waals surface area contributed by atoms with Crippen molar-refractivity contribution in [2.45, 2.75) is 77.7 Å². The molecule has 0 aliphatic heterocycles. The Labute approximate surface area is 148 Å². The number of aliphatic hydroxyl groups is 1. The average Bonchev–Trinajstić information content (AvgIpc) is 3.12. The Hall–Kier alpha value is -0.683. The van der Waals surface area contributed by atoms with Gasteiger partial charge in [-0.1, -0.05) is 58.0 Å². The molecule has 0 aromatic heterocycles. The van der Waals surface area contributed by atoms with E-state index in [9.17, 15) is 5.11 Å². The van der Waals surface area contributed by atoms with E-state index in [1.165, 1.54) is 0 Å². The zero-order valence-electron chi connectivity index (χ0n) is 16.2. The molecule has 24 heavy (non-hydrogen) atoms. The van der Waals surface area contributed by atoms with Gasteiger partial charge in [-0.15, -0.1) is 0 Å². The minimum atomic E-state index is -1.79. The second-order valence-electron chi connectivity index (χ2n) is 8.77. The molecule has 1 aromatic rings. The van der Waals surface area contributed by atoms with Crippen LogP contribution in [0.1, 0.15) is 40.2 Å². The van der Waals surface area contributed by atoms with Crippen molar-refractivity contribution in [2.75, 3.05) is 0 Å². The van der Waals surface area contributed by atoms with Crippen molar-refractivity contribution < 1.29 is 14.3 Å². The smallest absolute Gasteiger partial charge is 0.192 e. The van der Waals surface area contributed by atoms with E-state index in [4.69, 9.17) is 9.16 Å². The van der Waals surface area contributed by atoms with Crippen LogP contribution in [0.4, 0.5) is 0 Å². The molecule has 0 spiro atoms. The first-order valence-corrected chi connectivity index (χ1v) is 12.0. The summed E-state index contributed by atoms with van der Waals surface area (Å²) < 4.78 is 12.4.